The molecule has 1 aromatic carbocycles. The van der Waals surface area contributed by atoms with Crippen molar-refractivity contribution >= 4 is 0 Å². The maximum atomic E-state index is 5.79. The number of hydrogen-bond donors (Lipinski definition) is 1. The van der Waals surface area contributed by atoms with Gasteiger partial charge in [-0.15, -0.1) is 0 Å². The van der Waals surface area contributed by atoms with E-state index < -0.39 is 0 Å². The van der Waals surface area contributed by atoms with Crippen molar-refractivity contribution in [2.24, 2.45) is 11.1 Å². The molecule has 0 aliphatic carbocycles. The van der Waals surface area contributed by atoms with Gasteiger partial charge in [0, 0.05) is 6.04 Å². The van der Waals surface area contributed by atoms with E-state index in [4.69, 9.17) is 10.5 Å². The number of benzene rings is 1. The molecule has 0 fully saturated rings. The van der Waals surface area contributed by atoms with Gasteiger partial charge in [-0.2, -0.15) is 0 Å². The van der Waals surface area contributed by atoms with Crippen LogP contribution in [0.1, 0.15) is 39.7 Å². The van der Waals surface area contributed by atoms with Gasteiger partial charge in [-0.1, -0.05) is 32.9 Å². The minimum atomic E-state index is 0.194. The molecule has 2 nitrogen and oxygen atoms in total. The smallest absolute Gasteiger partial charge is 0.119 e. The molecule has 0 radical (unpaired) electrons. The van der Waals surface area contributed by atoms with Crippen LogP contribution < -0.4 is 10.5 Å². The molecule has 1 unspecified atom stereocenters. The third kappa shape index (κ3) is 6.32. The lowest BCUT2D eigenvalue weighted by Crippen LogP contribution is -2.17. The fraction of sp³-hybridized carbons (Fsp3) is 0.600. The molecule has 0 amide bonds. The summed E-state index contributed by atoms with van der Waals surface area (Å²) in [7, 11) is 0. The van der Waals surface area contributed by atoms with E-state index in [1.54, 1.807) is 0 Å². The van der Waals surface area contributed by atoms with E-state index in [2.05, 4.69) is 32.9 Å². The maximum Gasteiger partial charge on any atom is 0.119 e. The van der Waals surface area contributed by atoms with Crippen molar-refractivity contribution in [1.82, 2.24) is 0 Å². The van der Waals surface area contributed by atoms with Crippen molar-refractivity contribution in [3.8, 4) is 5.75 Å². The molecule has 1 aromatic rings. The standard InChI is InChI=1S/C15H25NO/c1-12(16)10-13-6-5-7-14(11-13)17-9-8-15(2,3)4/h5-7,11-12H,8-10,16H2,1-4H3. The van der Waals surface area contributed by atoms with Crippen LogP contribution in [0.2, 0.25) is 0 Å². The molecule has 2 heteroatoms. The van der Waals surface area contributed by atoms with E-state index >= 15 is 0 Å². The Morgan fingerprint density at radius 2 is 2.00 bits per heavy atom. The monoisotopic (exact) mass is 235 g/mol. The van der Waals surface area contributed by atoms with Gasteiger partial charge in [0.2, 0.25) is 0 Å². The second-order valence-electron chi connectivity index (χ2n) is 5.99. The minimum Gasteiger partial charge on any atom is -0.494 e. The largest absolute Gasteiger partial charge is 0.494 e. The highest BCUT2D eigenvalue weighted by atomic mass is 16.5. The average molecular weight is 235 g/mol. The molecule has 0 spiro atoms. The molecule has 0 saturated carbocycles. The van der Waals surface area contributed by atoms with Crippen molar-refractivity contribution < 1.29 is 4.74 Å². The Morgan fingerprint density at radius 1 is 1.29 bits per heavy atom. The molecular weight excluding hydrogens is 210 g/mol. The van der Waals surface area contributed by atoms with Gasteiger partial charge in [-0.25, -0.2) is 0 Å². The lowest BCUT2D eigenvalue weighted by molar-refractivity contribution is 0.243. The van der Waals surface area contributed by atoms with Crippen molar-refractivity contribution in [3.63, 3.8) is 0 Å². The third-order valence-electron chi connectivity index (χ3n) is 2.58. The molecule has 0 heterocycles. The van der Waals surface area contributed by atoms with E-state index in [0.717, 1.165) is 25.2 Å². The SMILES string of the molecule is CC(N)Cc1cccc(OCCC(C)(C)C)c1. The maximum absolute atomic E-state index is 5.79. The summed E-state index contributed by atoms with van der Waals surface area (Å²) in [6, 6.07) is 8.42. The molecule has 1 atom stereocenters. The second-order valence-corrected chi connectivity index (χ2v) is 5.99. The predicted octanol–water partition coefficient (Wildman–Crippen LogP) is 3.39. The van der Waals surface area contributed by atoms with Gasteiger partial charge in [0.15, 0.2) is 0 Å². The van der Waals surface area contributed by atoms with Gasteiger partial charge in [0.1, 0.15) is 5.75 Å². The summed E-state index contributed by atoms with van der Waals surface area (Å²) in [4.78, 5) is 0. The Hall–Kier alpha value is -1.02. The Labute approximate surface area is 105 Å². The first-order valence-corrected chi connectivity index (χ1v) is 6.34. The normalized spacial score (nSPS) is 13.5. The Morgan fingerprint density at radius 3 is 2.59 bits per heavy atom. The van der Waals surface area contributed by atoms with Gasteiger partial charge in [0.25, 0.3) is 0 Å². The first-order chi connectivity index (χ1) is 7.87. The first-order valence-electron chi connectivity index (χ1n) is 6.34. The van der Waals surface area contributed by atoms with Gasteiger partial charge < -0.3 is 10.5 Å². The zero-order chi connectivity index (χ0) is 12.9. The van der Waals surface area contributed by atoms with Crippen LogP contribution >= 0.6 is 0 Å². The predicted molar refractivity (Wildman–Crippen MR) is 73.4 cm³/mol. The molecule has 1 rings (SSSR count). The molecule has 0 aliphatic rings. The fourth-order valence-corrected chi connectivity index (χ4v) is 1.61. The van der Waals surface area contributed by atoms with Crippen molar-refractivity contribution in [2.75, 3.05) is 6.61 Å². The number of rotatable bonds is 5. The highest BCUT2D eigenvalue weighted by molar-refractivity contribution is 5.28. The van der Waals surface area contributed by atoms with Crippen molar-refractivity contribution in [2.45, 2.75) is 46.6 Å². The lowest BCUT2D eigenvalue weighted by atomic mass is 9.93. The summed E-state index contributed by atoms with van der Waals surface area (Å²) < 4.78 is 5.76. The van der Waals surface area contributed by atoms with Crippen LogP contribution in [0.5, 0.6) is 5.75 Å². The Bertz CT molecular complexity index is 339. The van der Waals surface area contributed by atoms with Crippen LogP contribution in [-0.2, 0) is 6.42 Å². The summed E-state index contributed by atoms with van der Waals surface area (Å²) in [6.45, 7) is 9.47. The zero-order valence-corrected chi connectivity index (χ0v) is 11.5. The zero-order valence-electron chi connectivity index (χ0n) is 11.5. The number of nitrogens with two attached hydrogens (primary N) is 1. The number of ether oxygens (including phenoxy) is 1. The molecule has 0 aliphatic heterocycles. The summed E-state index contributed by atoms with van der Waals surface area (Å²) in [5, 5.41) is 0. The fourth-order valence-electron chi connectivity index (χ4n) is 1.61. The van der Waals surface area contributed by atoms with Crippen molar-refractivity contribution in [1.29, 1.82) is 0 Å². The summed E-state index contributed by atoms with van der Waals surface area (Å²) in [5.41, 5.74) is 7.36. The molecule has 96 valence electrons. The van der Waals surface area contributed by atoms with Crippen molar-refractivity contribution in [3.05, 3.63) is 29.8 Å². The van der Waals surface area contributed by atoms with Gasteiger partial charge in [-0.05, 0) is 42.9 Å². The lowest BCUT2D eigenvalue weighted by Gasteiger charge is -2.18. The molecule has 0 bridgehead atoms. The summed E-state index contributed by atoms with van der Waals surface area (Å²) >= 11 is 0. The highest BCUT2D eigenvalue weighted by Crippen LogP contribution is 2.20. The van der Waals surface area contributed by atoms with Crippen LogP contribution in [-0.4, -0.2) is 12.6 Å². The summed E-state index contributed by atoms with van der Waals surface area (Å²) in [5.74, 6) is 0.951. The number of hydrogen-bond acceptors (Lipinski definition) is 2. The molecular formula is C15H25NO. The van der Waals surface area contributed by atoms with Crippen LogP contribution in [0.3, 0.4) is 0 Å². The highest BCUT2D eigenvalue weighted by Gasteiger charge is 2.10. The molecule has 17 heavy (non-hydrogen) atoms. The first kappa shape index (κ1) is 14.0. The topological polar surface area (TPSA) is 35.2 Å². The Kier molecular flexibility index (Phi) is 5.01. The third-order valence-corrected chi connectivity index (χ3v) is 2.58. The van der Waals surface area contributed by atoms with E-state index in [9.17, 15) is 0 Å². The Balaban J connectivity index is 2.48. The molecule has 0 aromatic heterocycles. The van der Waals surface area contributed by atoms with Crippen LogP contribution in [0.25, 0.3) is 0 Å². The van der Waals surface area contributed by atoms with E-state index in [-0.39, 0.29) is 6.04 Å². The van der Waals surface area contributed by atoms with E-state index in [1.807, 2.05) is 19.1 Å². The van der Waals surface area contributed by atoms with Gasteiger partial charge in [-0.3, -0.25) is 0 Å². The minimum absolute atomic E-state index is 0.194. The van der Waals surface area contributed by atoms with Crippen LogP contribution in [0, 0.1) is 5.41 Å². The van der Waals surface area contributed by atoms with E-state index in [1.165, 1.54) is 5.56 Å². The molecule has 0 saturated heterocycles. The summed E-state index contributed by atoms with van der Waals surface area (Å²) in [6.07, 6.45) is 1.96. The quantitative estimate of drug-likeness (QED) is 0.849. The van der Waals surface area contributed by atoms with Gasteiger partial charge in [0.05, 0.1) is 6.61 Å². The molecule has 2 N–H and O–H groups in total. The van der Waals surface area contributed by atoms with Crippen LogP contribution in [0.4, 0.5) is 0 Å². The second kappa shape index (κ2) is 6.06. The average Bonchev–Trinajstić information content (AvgIpc) is 2.15. The van der Waals surface area contributed by atoms with Crippen LogP contribution in [0.15, 0.2) is 24.3 Å². The van der Waals surface area contributed by atoms with E-state index in [0.29, 0.717) is 5.41 Å². The van der Waals surface area contributed by atoms with Gasteiger partial charge >= 0.3 is 0 Å².